The zero-order chi connectivity index (χ0) is 26.9. The minimum atomic E-state index is -4.21. The van der Waals surface area contributed by atoms with Crippen LogP contribution >= 0.6 is 11.3 Å². The quantitative estimate of drug-likeness (QED) is 0.453. The van der Waals surface area contributed by atoms with Crippen LogP contribution in [0.1, 0.15) is 56.6 Å². The van der Waals surface area contributed by atoms with E-state index in [1.54, 1.807) is 39.8 Å². The Balaban J connectivity index is 1.68. The number of hydrogen-bond donors (Lipinski definition) is 3. The number of nitrogens with one attached hydrogen (secondary N) is 2. The number of thiophene rings is 1. The standard InChI is InChI=1S/C22H28N4O8S3/c1-6-13(14-10-9-11(4)32-14)23-20-16-19(36(28,29)25-20)22(33-12(5)34-22)18-15(24-16)17(27)21(35-18)37(30,31)26(7-2)8-3/h9-10,12-13,24,27H,6-8H2,1-5H3,(H,23,25)/t12?,13-,22?/m1/s1. The summed E-state index contributed by atoms with van der Waals surface area (Å²) in [5.41, 5.74) is 0.0101. The Morgan fingerprint density at radius 3 is 2.46 bits per heavy atom. The van der Waals surface area contributed by atoms with Crippen molar-refractivity contribution in [3.8, 4) is 5.75 Å². The maximum atomic E-state index is 13.4. The van der Waals surface area contributed by atoms with Gasteiger partial charge in [0.1, 0.15) is 28.9 Å². The molecule has 1 atom stereocenters. The number of ether oxygens (including phenoxy) is 2. The minimum absolute atomic E-state index is 0.00475. The molecular weight excluding hydrogens is 544 g/mol. The van der Waals surface area contributed by atoms with E-state index < -0.39 is 43.9 Å². The fraction of sp³-hybridized carbons (Fsp3) is 0.500. The van der Waals surface area contributed by atoms with Crippen molar-refractivity contribution in [1.82, 2.24) is 9.03 Å². The highest BCUT2D eigenvalue weighted by atomic mass is 32.2. The van der Waals surface area contributed by atoms with Gasteiger partial charge < -0.3 is 24.3 Å². The molecule has 0 saturated carbocycles. The average molecular weight is 573 g/mol. The van der Waals surface area contributed by atoms with Crippen molar-refractivity contribution in [2.45, 2.75) is 63.4 Å². The van der Waals surface area contributed by atoms with E-state index in [2.05, 4.69) is 15.0 Å². The van der Waals surface area contributed by atoms with Gasteiger partial charge in [0.2, 0.25) is 0 Å². The van der Waals surface area contributed by atoms with E-state index in [0.717, 1.165) is 0 Å². The molecular formula is C22H28N4O8S3. The molecule has 37 heavy (non-hydrogen) atoms. The molecule has 3 N–H and O–H groups in total. The lowest BCUT2D eigenvalue weighted by molar-refractivity contribution is -0.433. The Kier molecular flexibility index (Phi) is 6.24. The van der Waals surface area contributed by atoms with Gasteiger partial charge >= 0.3 is 0 Å². The number of anilines is 1. The Labute approximate surface area is 219 Å². The molecule has 0 unspecified atom stereocenters. The second-order valence-electron chi connectivity index (χ2n) is 8.74. The zero-order valence-corrected chi connectivity index (χ0v) is 23.3. The van der Waals surface area contributed by atoms with Gasteiger partial charge in [0.25, 0.3) is 25.8 Å². The third kappa shape index (κ3) is 3.82. The van der Waals surface area contributed by atoms with Gasteiger partial charge in [0.05, 0.1) is 4.88 Å². The van der Waals surface area contributed by atoms with Crippen LogP contribution in [0.15, 0.2) is 36.4 Å². The highest BCUT2D eigenvalue weighted by molar-refractivity contribution is 7.94. The molecule has 0 aliphatic carbocycles. The topological polar surface area (TPSA) is 160 Å². The number of hydrogen-bond acceptors (Lipinski definition) is 11. The fourth-order valence-corrected chi connectivity index (χ4v) is 9.45. The number of aryl methyl sites for hydroxylation is 1. The van der Waals surface area contributed by atoms with Crippen molar-refractivity contribution in [3.05, 3.63) is 39.1 Å². The molecule has 5 rings (SSSR count). The van der Waals surface area contributed by atoms with Gasteiger partial charge in [-0.25, -0.2) is 16.8 Å². The normalized spacial score (nSPS) is 26.1. The van der Waals surface area contributed by atoms with Crippen molar-refractivity contribution in [2.75, 3.05) is 18.4 Å². The van der Waals surface area contributed by atoms with Crippen LogP contribution < -0.4 is 10.0 Å². The first-order valence-electron chi connectivity index (χ1n) is 11.8. The van der Waals surface area contributed by atoms with Crippen LogP contribution in [0.4, 0.5) is 5.69 Å². The van der Waals surface area contributed by atoms with Gasteiger partial charge in [-0.1, -0.05) is 20.8 Å². The van der Waals surface area contributed by atoms with Crippen LogP contribution in [0.2, 0.25) is 0 Å². The molecule has 0 radical (unpaired) electrons. The van der Waals surface area contributed by atoms with Gasteiger partial charge in [-0.15, -0.1) is 11.3 Å². The molecule has 1 fully saturated rings. The van der Waals surface area contributed by atoms with Crippen LogP contribution in [0, 0.1) is 6.92 Å². The third-order valence-corrected chi connectivity index (χ3v) is 11.6. The Morgan fingerprint density at radius 2 is 1.92 bits per heavy atom. The van der Waals surface area contributed by atoms with E-state index in [-0.39, 0.29) is 44.3 Å². The summed E-state index contributed by atoms with van der Waals surface area (Å²) in [6, 6.07) is 3.06. The Hall–Kier alpha value is -2.43. The minimum Gasteiger partial charge on any atom is -0.504 e. The predicted octanol–water partition coefficient (Wildman–Crippen LogP) is 3.05. The molecule has 2 aromatic rings. The summed E-state index contributed by atoms with van der Waals surface area (Å²) in [5, 5.41) is 14.0. The maximum absolute atomic E-state index is 13.4. The van der Waals surface area contributed by atoms with Gasteiger partial charge in [-0.05, 0) is 32.4 Å². The Morgan fingerprint density at radius 1 is 1.24 bits per heavy atom. The molecule has 0 aromatic carbocycles. The van der Waals surface area contributed by atoms with Gasteiger partial charge in [-0.2, -0.15) is 4.31 Å². The number of aliphatic imine (C=N–C) groups is 1. The molecule has 3 aliphatic rings. The van der Waals surface area contributed by atoms with Crippen molar-refractivity contribution in [1.29, 1.82) is 0 Å². The maximum Gasteiger partial charge on any atom is 0.267 e. The summed E-state index contributed by atoms with van der Waals surface area (Å²) in [7, 11) is -8.28. The lowest BCUT2D eigenvalue weighted by atomic mass is 10.0. The number of aromatic hydroxyl groups is 1. The van der Waals surface area contributed by atoms with Gasteiger partial charge in [0, 0.05) is 13.1 Å². The second kappa shape index (κ2) is 8.81. The average Bonchev–Trinajstić information content (AvgIpc) is 3.46. The zero-order valence-electron chi connectivity index (χ0n) is 20.9. The lowest BCUT2D eigenvalue weighted by Crippen LogP contribution is -2.53. The number of rotatable bonds is 7. The summed E-state index contributed by atoms with van der Waals surface area (Å²) in [5.74, 6) is -1.24. The summed E-state index contributed by atoms with van der Waals surface area (Å²) < 4.78 is 74.1. The summed E-state index contributed by atoms with van der Waals surface area (Å²) in [4.78, 5) is 4.43. The van der Waals surface area contributed by atoms with Crippen LogP contribution in [0.5, 0.6) is 5.75 Å². The number of sulfonamides is 2. The molecule has 2 aromatic heterocycles. The molecule has 0 bridgehead atoms. The van der Waals surface area contributed by atoms with Crippen molar-refractivity contribution < 1.29 is 35.8 Å². The molecule has 1 saturated heterocycles. The second-order valence-corrected chi connectivity index (χ2v) is 13.5. The van der Waals surface area contributed by atoms with Crippen molar-refractivity contribution in [3.63, 3.8) is 0 Å². The van der Waals surface area contributed by atoms with Crippen molar-refractivity contribution >= 4 is 42.9 Å². The van der Waals surface area contributed by atoms with Crippen LogP contribution in [0.3, 0.4) is 0 Å². The van der Waals surface area contributed by atoms with Gasteiger partial charge in [0.15, 0.2) is 27.0 Å². The fourth-order valence-electron chi connectivity index (χ4n) is 4.69. The molecule has 202 valence electrons. The van der Waals surface area contributed by atoms with Crippen LogP contribution in [-0.2, 0) is 35.3 Å². The first kappa shape index (κ1) is 26.2. The number of furan rings is 1. The third-order valence-electron chi connectivity index (χ3n) is 6.37. The van der Waals surface area contributed by atoms with E-state index in [4.69, 9.17) is 13.9 Å². The SMILES string of the molecule is CC[C@@H](N=C1NS(=O)(=O)C2=C1Nc1c(sc(S(=O)(=O)N(CC)CC)c1O)C21OC(C)O1)c1ccc(C)o1. The highest BCUT2D eigenvalue weighted by Crippen LogP contribution is 2.60. The van der Waals surface area contributed by atoms with Crippen LogP contribution in [0.25, 0.3) is 0 Å². The van der Waals surface area contributed by atoms with E-state index in [1.165, 1.54) is 4.31 Å². The molecule has 1 spiro atoms. The number of amidine groups is 1. The van der Waals surface area contributed by atoms with Gasteiger partial charge in [-0.3, -0.25) is 9.71 Å². The summed E-state index contributed by atoms with van der Waals surface area (Å²) in [6.45, 7) is 9.03. The van der Waals surface area contributed by atoms with E-state index in [0.29, 0.717) is 29.3 Å². The number of nitrogens with zero attached hydrogens (tertiary/aromatic N) is 2. The first-order valence-corrected chi connectivity index (χ1v) is 15.5. The molecule has 0 amide bonds. The first-order chi connectivity index (χ1) is 17.4. The predicted molar refractivity (Wildman–Crippen MR) is 136 cm³/mol. The van der Waals surface area contributed by atoms with E-state index in [9.17, 15) is 21.9 Å². The monoisotopic (exact) mass is 572 g/mol. The smallest absolute Gasteiger partial charge is 0.267 e. The molecule has 12 nitrogen and oxygen atoms in total. The molecule has 3 aliphatic heterocycles. The Bertz CT molecular complexity index is 1530. The summed E-state index contributed by atoms with van der Waals surface area (Å²) in [6.07, 6.45) is -0.255. The lowest BCUT2D eigenvalue weighted by Gasteiger charge is -2.47. The van der Waals surface area contributed by atoms with Crippen LogP contribution in [-0.4, -0.2) is 51.5 Å². The molecule has 15 heteroatoms. The van der Waals surface area contributed by atoms with E-state index >= 15 is 0 Å². The van der Waals surface area contributed by atoms with Crippen molar-refractivity contribution in [2.24, 2.45) is 4.99 Å². The highest BCUT2D eigenvalue weighted by Gasteiger charge is 2.63. The molecule has 5 heterocycles. The van der Waals surface area contributed by atoms with E-state index in [1.807, 2.05) is 6.92 Å². The number of fused-ring (bicyclic) bond motifs is 3. The summed E-state index contributed by atoms with van der Waals surface area (Å²) >= 11 is 0.708. The largest absolute Gasteiger partial charge is 0.504 e.